The van der Waals surface area contributed by atoms with Crippen LogP contribution in [0.1, 0.15) is 31.2 Å². The van der Waals surface area contributed by atoms with Gasteiger partial charge in [0.15, 0.2) is 0 Å². The molecule has 2 aliphatic heterocycles. The Balaban J connectivity index is 1.47. The van der Waals surface area contributed by atoms with Gasteiger partial charge in [-0.3, -0.25) is 14.5 Å². The first-order valence-electron chi connectivity index (χ1n) is 9.61. The van der Waals surface area contributed by atoms with E-state index in [1.54, 1.807) is 4.90 Å². The molecular weight excluding hydrogens is 330 g/mol. The molecule has 142 valence electrons. The molecule has 0 aliphatic carbocycles. The van der Waals surface area contributed by atoms with Gasteiger partial charge in [-0.05, 0) is 43.8 Å². The smallest absolute Gasteiger partial charge is 0.242 e. The van der Waals surface area contributed by atoms with Crippen molar-refractivity contribution in [1.82, 2.24) is 15.1 Å². The van der Waals surface area contributed by atoms with Gasteiger partial charge in [0.1, 0.15) is 6.04 Å². The minimum atomic E-state index is -0.514. The Morgan fingerprint density at radius 1 is 1.15 bits per heavy atom. The van der Waals surface area contributed by atoms with E-state index in [9.17, 15) is 14.7 Å². The van der Waals surface area contributed by atoms with E-state index in [4.69, 9.17) is 0 Å². The number of amides is 2. The number of nitrogens with zero attached hydrogens (tertiary/aromatic N) is 2. The average Bonchev–Trinajstić information content (AvgIpc) is 2.66. The minimum Gasteiger partial charge on any atom is -0.396 e. The molecule has 0 aromatic heterocycles. The molecule has 0 saturated carbocycles. The van der Waals surface area contributed by atoms with Crippen molar-refractivity contribution in [2.75, 3.05) is 32.8 Å². The highest BCUT2D eigenvalue weighted by Gasteiger charge is 2.33. The van der Waals surface area contributed by atoms with E-state index in [0.29, 0.717) is 31.8 Å². The number of benzene rings is 1. The van der Waals surface area contributed by atoms with Gasteiger partial charge in [0.05, 0.1) is 0 Å². The third-order valence-corrected chi connectivity index (χ3v) is 5.47. The lowest BCUT2D eigenvalue weighted by molar-refractivity contribution is -0.144. The van der Waals surface area contributed by atoms with Gasteiger partial charge in [-0.1, -0.05) is 30.3 Å². The quantitative estimate of drug-likeness (QED) is 0.795. The molecule has 0 bridgehead atoms. The fourth-order valence-corrected chi connectivity index (χ4v) is 3.98. The van der Waals surface area contributed by atoms with Gasteiger partial charge in [0, 0.05) is 32.7 Å². The fraction of sp³-hybridized carbons (Fsp3) is 0.600. The largest absolute Gasteiger partial charge is 0.396 e. The Bertz CT molecular complexity index is 600. The predicted molar refractivity (Wildman–Crippen MR) is 99.3 cm³/mol. The number of aliphatic hydroxyl groups excluding tert-OH is 1. The van der Waals surface area contributed by atoms with Crippen LogP contribution in [0.15, 0.2) is 30.3 Å². The lowest BCUT2D eigenvalue weighted by Crippen LogP contribution is -2.57. The molecule has 1 aromatic carbocycles. The highest BCUT2D eigenvalue weighted by molar-refractivity contribution is 5.88. The summed E-state index contributed by atoms with van der Waals surface area (Å²) in [5.74, 6) is 0.297. The normalized spacial score (nSPS) is 22.3. The third-order valence-electron chi connectivity index (χ3n) is 5.47. The number of carbonyl (C=O) groups is 2. The number of aliphatic hydroxyl groups is 1. The maximum absolute atomic E-state index is 12.7. The van der Waals surface area contributed by atoms with Crippen molar-refractivity contribution >= 4 is 11.8 Å². The van der Waals surface area contributed by atoms with Crippen molar-refractivity contribution in [3.8, 4) is 0 Å². The zero-order valence-corrected chi connectivity index (χ0v) is 15.3. The Morgan fingerprint density at radius 3 is 2.58 bits per heavy atom. The zero-order valence-electron chi connectivity index (χ0n) is 15.3. The van der Waals surface area contributed by atoms with Crippen molar-refractivity contribution in [2.45, 2.75) is 38.3 Å². The monoisotopic (exact) mass is 359 g/mol. The van der Waals surface area contributed by atoms with Crippen LogP contribution < -0.4 is 5.32 Å². The number of piperidine rings is 1. The molecule has 2 fully saturated rings. The van der Waals surface area contributed by atoms with Crippen molar-refractivity contribution < 1.29 is 14.7 Å². The van der Waals surface area contributed by atoms with E-state index in [-0.39, 0.29) is 18.4 Å². The second kappa shape index (κ2) is 9.14. The summed E-state index contributed by atoms with van der Waals surface area (Å²) in [7, 11) is 0. The van der Waals surface area contributed by atoms with Gasteiger partial charge in [0.25, 0.3) is 0 Å². The van der Waals surface area contributed by atoms with Crippen LogP contribution in [0, 0.1) is 5.92 Å². The van der Waals surface area contributed by atoms with Crippen LogP contribution in [-0.4, -0.2) is 65.5 Å². The van der Waals surface area contributed by atoms with Crippen LogP contribution in [0.3, 0.4) is 0 Å². The van der Waals surface area contributed by atoms with Crippen LogP contribution in [0.2, 0.25) is 0 Å². The second-order valence-corrected chi connectivity index (χ2v) is 7.32. The van der Waals surface area contributed by atoms with Gasteiger partial charge < -0.3 is 15.3 Å². The van der Waals surface area contributed by atoms with Crippen molar-refractivity contribution in [1.29, 1.82) is 0 Å². The summed E-state index contributed by atoms with van der Waals surface area (Å²) < 4.78 is 0. The molecule has 26 heavy (non-hydrogen) atoms. The van der Waals surface area contributed by atoms with E-state index in [2.05, 4.69) is 34.5 Å². The van der Waals surface area contributed by atoms with Gasteiger partial charge in [0.2, 0.25) is 11.8 Å². The molecule has 2 aliphatic rings. The summed E-state index contributed by atoms with van der Waals surface area (Å²) in [6.45, 7) is 3.94. The molecule has 2 saturated heterocycles. The van der Waals surface area contributed by atoms with Crippen molar-refractivity contribution in [2.24, 2.45) is 5.92 Å². The molecule has 1 aromatic rings. The molecule has 2 heterocycles. The van der Waals surface area contributed by atoms with Crippen LogP contribution in [-0.2, 0) is 16.1 Å². The molecule has 6 nitrogen and oxygen atoms in total. The Morgan fingerprint density at radius 2 is 1.88 bits per heavy atom. The highest BCUT2D eigenvalue weighted by atomic mass is 16.3. The maximum atomic E-state index is 12.7. The summed E-state index contributed by atoms with van der Waals surface area (Å²) in [6, 6.07) is 9.96. The number of piperazine rings is 1. The fourth-order valence-electron chi connectivity index (χ4n) is 3.98. The average molecular weight is 359 g/mol. The standard InChI is InChI=1S/C20H29N3O3/c24-13-8-18-20(26)21-9-12-23(18)19(25)14-16-6-10-22(11-7-16)15-17-4-2-1-3-5-17/h1-5,16,18,24H,6-15H2,(H,21,26)/t18-/m0/s1. The number of hydrogen-bond acceptors (Lipinski definition) is 4. The van der Waals surface area contributed by atoms with E-state index >= 15 is 0 Å². The number of nitrogens with one attached hydrogen (secondary N) is 1. The Labute approximate surface area is 155 Å². The molecule has 6 heteroatoms. The Hall–Kier alpha value is -1.92. The number of hydrogen-bond donors (Lipinski definition) is 2. The van der Waals surface area contributed by atoms with Crippen LogP contribution >= 0.6 is 0 Å². The number of carbonyl (C=O) groups excluding carboxylic acids is 2. The zero-order chi connectivity index (χ0) is 18.4. The Kier molecular flexibility index (Phi) is 6.63. The van der Waals surface area contributed by atoms with E-state index in [0.717, 1.165) is 32.5 Å². The van der Waals surface area contributed by atoms with Gasteiger partial charge in [-0.2, -0.15) is 0 Å². The summed E-state index contributed by atoms with van der Waals surface area (Å²) in [4.78, 5) is 28.8. The third kappa shape index (κ3) is 4.83. The summed E-state index contributed by atoms with van der Waals surface area (Å²) >= 11 is 0. The highest BCUT2D eigenvalue weighted by Crippen LogP contribution is 2.24. The van der Waals surface area contributed by atoms with E-state index in [1.165, 1.54) is 5.56 Å². The predicted octanol–water partition coefficient (Wildman–Crippen LogP) is 0.998. The topological polar surface area (TPSA) is 72.9 Å². The molecule has 0 unspecified atom stereocenters. The van der Waals surface area contributed by atoms with Crippen molar-refractivity contribution in [3.63, 3.8) is 0 Å². The molecule has 2 N–H and O–H groups in total. The lowest BCUT2D eigenvalue weighted by Gasteiger charge is -2.37. The number of rotatable bonds is 6. The molecule has 2 amide bonds. The van der Waals surface area contributed by atoms with E-state index in [1.807, 2.05) is 6.07 Å². The molecular formula is C20H29N3O3. The van der Waals surface area contributed by atoms with Crippen LogP contribution in [0.25, 0.3) is 0 Å². The number of likely N-dealkylation sites (tertiary alicyclic amines) is 1. The summed E-state index contributed by atoms with van der Waals surface area (Å²) in [6.07, 6.45) is 2.86. The van der Waals surface area contributed by atoms with Gasteiger partial charge >= 0.3 is 0 Å². The van der Waals surface area contributed by atoms with Crippen LogP contribution in [0.5, 0.6) is 0 Å². The SMILES string of the molecule is O=C1NCCN(C(=O)CC2CCN(Cc3ccccc3)CC2)[C@H]1CCO. The molecule has 0 radical (unpaired) electrons. The van der Waals surface area contributed by atoms with Crippen molar-refractivity contribution in [3.05, 3.63) is 35.9 Å². The van der Waals surface area contributed by atoms with E-state index < -0.39 is 6.04 Å². The molecule has 3 rings (SSSR count). The maximum Gasteiger partial charge on any atom is 0.242 e. The molecule has 1 atom stereocenters. The lowest BCUT2D eigenvalue weighted by atomic mass is 9.92. The first-order valence-corrected chi connectivity index (χ1v) is 9.61. The first-order chi connectivity index (χ1) is 12.7. The minimum absolute atomic E-state index is 0.0554. The second-order valence-electron chi connectivity index (χ2n) is 7.32. The first kappa shape index (κ1) is 18.9. The summed E-state index contributed by atoms with van der Waals surface area (Å²) in [5.41, 5.74) is 1.33. The molecule has 0 spiro atoms. The summed E-state index contributed by atoms with van der Waals surface area (Å²) in [5, 5.41) is 12.0. The van der Waals surface area contributed by atoms with Crippen LogP contribution in [0.4, 0.5) is 0 Å². The van der Waals surface area contributed by atoms with Gasteiger partial charge in [-0.15, -0.1) is 0 Å². The van der Waals surface area contributed by atoms with Gasteiger partial charge in [-0.25, -0.2) is 0 Å².